The first-order valence-corrected chi connectivity index (χ1v) is 12.6. The van der Waals surface area contributed by atoms with E-state index in [0.717, 1.165) is 31.7 Å². The van der Waals surface area contributed by atoms with Crippen molar-refractivity contribution >= 4 is 28.0 Å². The topological polar surface area (TPSA) is 93.3 Å². The molecule has 2 aliphatic rings. The summed E-state index contributed by atoms with van der Waals surface area (Å²) in [5.74, 6) is -0.0524. The molecule has 9 nitrogen and oxygen atoms in total. The molecular weight excluding hydrogens is 430 g/mol. The van der Waals surface area contributed by atoms with Gasteiger partial charge in [-0.2, -0.15) is 4.31 Å². The van der Waals surface area contributed by atoms with E-state index in [2.05, 4.69) is 10.2 Å². The number of benzene rings is 1. The Morgan fingerprint density at radius 1 is 1.03 bits per heavy atom. The van der Waals surface area contributed by atoms with E-state index in [-0.39, 0.29) is 16.8 Å². The number of carbonyl (C=O) groups is 2. The second-order valence-corrected chi connectivity index (χ2v) is 9.82. The summed E-state index contributed by atoms with van der Waals surface area (Å²) in [6.45, 7) is 10.3. The highest BCUT2D eigenvalue weighted by molar-refractivity contribution is 7.89. The second-order valence-electron chi connectivity index (χ2n) is 7.88. The van der Waals surface area contributed by atoms with Gasteiger partial charge < -0.3 is 15.1 Å². The predicted octanol–water partition coefficient (Wildman–Crippen LogP) is 0.900. The highest BCUT2D eigenvalue weighted by atomic mass is 32.2. The smallest absolute Gasteiger partial charge is 0.317 e. The van der Waals surface area contributed by atoms with E-state index in [9.17, 15) is 18.0 Å². The van der Waals surface area contributed by atoms with Crippen molar-refractivity contribution in [2.75, 3.05) is 65.4 Å². The van der Waals surface area contributed by atoms with Gasteiger partial charge in [0.25, 0.3) is 0 Å². The molecule has 1 N–H and O–H groups in total. The first kappa shape index (κ1) is 24.2. The number of nitrogens with one attached hydrogen (secondary N) is 1. The molecule has 10 heteroatoms. The molecule has 3 rings (SSSR count). The second kappa shape index (κ2) is 10.9. The van der Waals surface area contributed by atoms with Crippen LogP contribution < -0.4 is 5.32 Å². The molecule has 3 amide bonds. The summed E-state index contributed by atoms with van der Waals surface area (Å²) < 4.78 is 26.5. The fraction of sp³-hybridized carbons (Fsp3) is 0.545. The Balaban J connectivity index is 1.47. The van der Waals surface area contributed by atoms with Crippen LogP contribution in [-0.2, 0) is 14.8 Å². The number of piperazine rings is 1. The van der Waals surface area contributed by atoms with Crippen LogP contribution in [0.15, 0.2) is 35.2 Å². The van der Waals surface area contributed by atoms with E-state index in [0.29, 0.717) is 39.3 Å². The lowest BCUT2D eigenvalue weighted by molar-refractivity contribution is -0.127. The van der Waals surface area contributed by atoms with E-state index in [4.69, 9.17) is 0 Å². The standard InChI is InChI=1S/C22H33N5O4S/c1-3-27(4-2)32(30,31)20-8-5-19(6-9-20)7-10-21(28)25-16-13-24(14-17-25)15-18-26-12-11-23-22(26)29/h5-10H,3-4,11-18H2,1-2H3,(H,23,29)/b10-7+. The van der Waals surface area contributed by atoms with Crippen molar-refractivity contribution in [2.45, 2.75) is 18.7 Å². The first-order valence-electron chi connectivity index (χ1n) is 11.2. The maximum Gasteiger partial charge on any atom is 0.317 e. The summed E-state index contributed by atoms with van der Waals surface area (Å²) in [5, 5.41) is 2.80. The summed E-state index contributed by atoms with van der Waals surface area (Å²) >= 11 is 0. The SMILES string of the molecule is CCN(CC)S(=O)(=O)c1ccc(/C=C/C(=O)N2CCN(CCN3CCNC3=O)CC2)cc1. The Morgan fingerprint density at radius 2 is 1.69 bits per heavy atom. The Bertz CT molecular complexity index is 920. The van der Waals surface area contributed by atoms with Gasteiger partial charge >= 0.3 is 6.03 Å². The van der Waals surface area contributed by atoms with Crippen molar-refractivity contribution in [1.82, 2.24) is 24.3 Å². The number of sulfonamides is 1. The van der Waals surface area contributed by atoms with Gasteiger partial charge in [0.05, 0.1) is 4.90 Å². The minimum absolute atomic E-state index is 0.00244. The number of nitrogens with zero attached hydrogens (tertiary/aromatic N) is 4. The average molecular weight is 464 g/mol. The molecule has 176 valence electrons. The number of rotatable bonds is 9. The third kappa shape index (κ3) is 5.87. The number of urea groups is 1. The van der Waals surface area contributed by atoms with Gasteiger partial charge in [-0.15, -0.1) is 0 Å². The molecular formula is C22H33N5O4S. The van der Waals surface area contributed by atoms with Gasteiger partial charge in [-0.25, -0.2) is 13.2 Å². The van der Waals surface area contributed by atoms with Crippen LogP contribution in [0.25, 0.3) is 6.08 Å². The molecule has 0 aliphatic carbocycles. The van der Waals surface area contributed by atoms with Crippen LogP contribution in [0.1, 0.15) is 19.4 Å². The Hall–Kier alpha value is -2.43. The van der Waals surface area contributed by atoms with Crippen molar-refractivity contribution < 1.29 is 18.0 Å². The fourth-order valence-corrected chi connectivity index (χ4v) is 5.37. The van der Waals surface area contributed by atoms with Crippen molar-refractivity contribution in [1.29, 1.82) is 0 Å². The van der Waals surface area contributed by atoms with Crippen LogP contribution >= 0.6 is 0 Å². The third-order valence-corrected chi connectivity index (χ3v) is 8.02. The van der Waals surface area contributed by atoms with Crippen LogP contribution in [0, 0.1) is 0 Å². The third-order valence-electron chi connectivity index (χ3n) is 5.96. The minimum atomic E-state index is -3.48. The Morgan fingerprint density at radius 3 is 2.25 bits per heavy atom. The van der Waals surface area contributed by atoms with Crippen LogP contribution in [-0.4, -0.2) is 105 Å². The molecule has 0 saturated carbocycles. The van der Waals surface area contributed by atoms with Crippen molar-refractivity contribution in [3.8, 4) is 0 Å². The van der Waals surface area contributed by atoms with E-state index < -0.39 is 10.0 Å². The summed E-state index contributed by atoms with van der Waals surface area (Å²) in [5.41, 5.74) is 0.777. The number of hydrogen-bond donors (Lipinski definition) is 1. The highest BCUT2D eigenvalue weighted by Crippen LogP contribution is 2.17. The van der Waals surface area contributed by atoms with Crippen molar-refractivity contribution in [3.05, 3.63) is 35.9 Å². The molecule has 0 bridgehead atoms. The van der Waals surface area contributed by atoms with E-state index in [1.807, 2.05) is 23.6 Å². The van der Waals surface area contributed by atoms with Crippen LogP contribution in [0.2, 0.25) is 0 Å². The molecule has 2 fully saturated rings. The van der Waals surface area contributed by atoms with Gasteiger partial charge in [0.2, 0.25) is 15.9 Å². The summed E-state index contributed by atoms with van der Waals surface area (Å²) in [6.07, 6.45) is 3.26. The normalized spacial score (nSPS) is 18.0. The zero-order valence-corrected chi connectivity index (χ0v) is 19.7. The van der Waals surface area contributed by atoms with E-state index in [1.54, 1.807) is 30.3 Å². The molecule has 0 atom stereocenters. The summed E-state index contributed by atoms with van der Waals surface area (Å²) in [7, 11) is -3.48. The van der Waals surface area contributed by atoms with E-state index in [1.165, 1.54) is 10.4 Å². The fourth-order valence-electron chi connectivity index (χ4n) is 3.91. The van der Waals surface area contributed by atoms with Crippen molar-refractivity contribution in [3.63, 3.8) is 0 Å². The Kier molecular flexibility index (Phi) is 8.27. The first-order chi connectivity index (χ1) is 15.3. The van der Waals surface area contributed by atoms with Gasteiger partial charge in [-0.1, -0.05) is 26.0 Å². The molecule has 0 spiro atoms. The van der Waals surface area contributed by atoms with E-state index >= 15 is 0 Å². The van der Waals surface area contributed by atoms with Crippen LogP contribution in [0.4, 0.5) is 4.79 Å². The summed E-state index contributed by atoms with van der Waals surface area (Å²) in [4.78, 5) is 30.3. The molecule has 2 heterocycles. The quantitative estimate of drug-likeness (QED) is 0.550. The monoisotopic (exact) mass is 463 g/mol. The lowest BCUT2D eigenvalue weighted by atomic mass is 10.2. The molecule has 1 aromatic rings. The highest BCUT2D eigenvalue weighted by Gasteiger charge is 2.23. The number of carbonyl (C=O) groups excluding carboxylic acids is 2. The predicted molar refractivity (Wildman–Crippen MR) is 124 cm³/mol. The maximum atomic E-state index is 12.6. The molecule has 2 aliphatic heterocycles. The number of hydrogen-bond acceptors (Lipinski definition) is 5. The van der Waals surface area contributed by atoms with Gasteiger partial charge in [0.15, 0.2) is 0 Å². The zero-order valence-electron chi connectivity index (χ0n) is 18.9. The minimum Gasteiger partial charge on any atom is -0.337 e. The van der Waals surface area contributed by atoms with Crippen molar-refractivity contribution in [2.24, 2.45) is 0 Å². The zero-order chi connectivity index (χ0) is 23.1. The van der Waals surface area contributed by atoms with Gasteiger partial charge in [0, 0.05) is 71.5 Å². The summed E-state index contributed by atoms with van der Waals surface area (Å²) in [6, 6.07) is 6.59. The Labute approximate surface area is 190 Å². The van der Waals surface area contributed by atoms with Gasteiger partial charge in [-0.3, -0.25) is 9.69 Å². The molecule has 32 heavy (non-hydrogen) atoms. The van der Waals surface area contributed by atoms with Crippen LogP contribution in [0.3, 0.4) is 0 Å². The lowest BCUT2D eigenvalue weighted by Gasteiger charge is -2.34. The number of amides is 3. The molecule has 0 aromatic heterocycles. The van der Waals surface area contributed by atoms with Gasteiger partial charge in [-0.05, 0) is 23.8 Å². The average Bonchev–Trinajstić information content (AvgIpc) is 3.22. The lowest BCUT2D eigenvalue weighted by Crippen LogP contribution is -2.50. The van der Waals surface area contributed by atoms with Gasteiger partial charge in [0.1, 0.15) is 0 Å². The molecule has 0 radical (unpaired) electrons. The molecule has 1 aromatic carbocycles. The van der Waals surface area contributed by atoms with Crippen LogP contribution in [0.5, 0.6) is 0 Å². The largest absolute Gasteiger partial charge is 0.337 e. The molecule has 0 unspecified atom stereocenters. The maximum absolute atomic E-state index is 12.6. The molecule has 2 saturated heterocycles.